The number of nitrogens with one attached hydrogen (secondary N) is 2. The highest BCUT2D eigenvalue weighted by atomic mass is 35.5. The van der Waals surface area contributed by atoms with E-state index in [0.29, 0.717) is 16.6 Å². The first-order chi connectivity index (χ1) is 11.1. The summed E-state index contributed by atoms with van der Waals surface area (Å²) in [5, 5.41) is 7.08. The van der Waals surface area contributed by atoms with E-state index in [1.54, 1.807) is 0 Å². The Kier molecular flexibility index (Phi) is 4.32. The van der Waals surface area contributed by atoms with Crippen LogP contribution in [0.25, 0.3) is 15.9 Å². The average Bonchev–Trinajstić information content (AvgIpc) is 2.92. The van der Waals surface area contributed by atoms with Gasteiger partial charge in [0, 0.05) is 5.70 Å². The quantitative estimate of drug-likeness (QED) is 0.647. The molecule has 0 atom stereocenters. The van der Waals surface area contributed by atoms with E-state index in [0.717, 1.165) is 32.7 Å². The molecule has 1 amide bonds. The number of hydrogen-bond acceptors (Lipinski definition) is 4. The van der Waals surface area contributed by atoms with Crippen LogP contribution < -0.4 is 10.6 Å². The maximum absolute atomic E-state index is 10.5. The van der Waals surface area contributed by atoms with E-state index >= 15 is 0 Å². The molecule has 0 saturated heterocycles. The van der Waals surface area contributed by atoms with Gasteiger partial charge in [-0.25, -0.2) is 4.98 Å². The summed E-state index contributed by atoms with van der Waals surface area (Å²) in [6, 6.07) is 11.6. The van der Waals surface area contributed by atoms with Crippen molar-refractivity contribution in [2.75, 3.05) is 10.6 Å². The fraction of sp³-hybridized carbons (Fsp3) is 0.0588. The Morgan fingerprint density at radius 1 is 1.35 bits per heavy atom. The summed E-state index contributed by atoms with van der Waals surface area (Å²) < 4.78 is 0.977. The van der Waals surface area contributed by atoms with Crippen LogP contribution in [0.4, 0.5) is 10.8 Å². The van der Waals surface area contributed by atoms with Crippen LogP contribution in [0.15, 0.2) is 43.0 Å². The molecule has 0 radical (unpaired) electrons. The van der Waals surface area contributed by atoms with Crippen LogP contribution in [-0.2, 0) is 4.79 Å². The second-order valence-corrected chi connectivity index (χ2v) is 6.44. The van der Waals surface area contributed by atoms with Crippen LogP contribution in [0, 0.1) is 6.92 Å². The number of anilines is 2. The molecule has 1 heterocycles. The number of halogens is 1. The van der Waals surface area contributed by atoms with Crippen molar-refractivity contribution in [3.8, 4) is 0 Å². The van der Waals surface area contributed by atoms with Gasteiger partial charge >= 0.3 is 0 Å². The molecule has 2 N–H and O–H groups in total. The number of para-hydroxylation sites is 1. The number of fused-ring (bicyclic) bond motifs is 1. The zero-order valence-electron chi connectivity index (χ0n) is 12.4. The van der Waals surface area contributed by atoms with E-state index in [1.807, 2.05) is 43.3 Å². The van der Waals surface area contributed by atoms with Gasteiger partial charge in [0.15, 0.2) is 5.13 Å². The highest BCUT2D eigenvalue weighted by Gasteiger charge is 2.09. The molecule has 0 fully saturated rings. The smallest absolute Gasteiger partial charge is 0.213 e. The second kappa shape index (κ2) is 6.40. The normalized spacial score (nSPS) is 10.5. The molecule has 1 aromatic heterocycles. The molecule has 0 bridgehead atoms. The molecular formula is C17H14ClN3OS. The van der Waals surface area contributed by atoms with Crippen LogP contribution in [0.1, 0.15) is 11.1 Å². The van der Waals surface area contributed by atoms with Gasteiger partial charge < -0.3 is 10.6 Å². The molecule has 4 nitrogen and oxygen atoms in total. The van der Waals surface area contributed by atoms with E-state index in [1.165, 1.54) is 11.3 Å². The molecular weight excluding hydrogens is 330 g/mol. The van der Waals surface area contributed by atoms with Crippen molar-refractivity contribution in [3.63, 3.8) is 0 Å². The van der Waals surface area contributed by atoms with Crippen molar-refractivity contribution < 1.29 is 4.79 Å². The number of rotatable bonds is 5. The number of thiazole rings is 1. The summed E-state index contributed by atoms with van der Waals surface area (Å²) in [5.41, 5.74) is 4.44. The minimum Gasteiger partial charge on any atom is -0.354 e. The highest BCUT2D eigenvalue weighted by Crippen LogP contribution is 2.31. The van der Waals surface area contributed by atoms with Crippen molar-refractivity contribution in [1.29, 1.82) is 0 Å². The number of aromatic nitrogens is 1. The SMILES string of the molecule is C=C(Nc1c(C)cccc1Cl)c1ccc2nc(NC=O)sc2c1. The van der Waals surface area contributed by atoms with Crippen LogP contribution in [0.2, 0.25) is 5.02 Å². The number of aryl methyl sites for hydroxylation is 1. The van der Waals surface area contributed by atoms with Crippen molar-refractivity contribution >= 4 is 56.1 Å². The molecule has 23 heavy (non-hydrogen) atoms. The van der Waals surface area contributed by atoms with Gasteiger partial charge in [-0.2, -0.15) is 0 Å². The predicted octanol–water partition coefficient (Wildman–Crippen LogP) is 4.91. The zero-order chi connectivity index (χ0) is 16.4. The Morgan fingerprint density at radius 3 is 2.91 bits per heavy atom. The number of benzene rings is 2. The Morgan fingerprint density at radius 2 is 2.17 bits per heavy atom. The van der Waals surface area contributed by atoms with E-state index in [9.17, 15) is 4.79 Å². The molecule has 0 aliphatic carbocycles. The standard InChI is InChI=1S/C17H14ClN3OS/c1-10-4-3-5-13(18)16(10)20-11(2)12-6-7-14-15(8-12)23-17(21-14)19-9-22/h3-9,20H,2H2,1H3,(H,19,21,22). The first-order valence-electron chi connectivity index (χ1n) is 6.90. The van der Waals surface area contributed by atoms with Crippen molar-refractivity contribution in [1.82, 2.24) is 4.98 Å². The zero-order valence-corrected chi connectivity index (χ0v) is 14.0. The molecule has 6 heteroatoms. The third-order valence-corrected chi connectivity index (χ3v) is 4.68. The lowest BCUT2D eigenvalue weighted by Crippen LogP contribution is -1.99. The molecule has 116 valence electrons. The number of carbonyl (C=O) groups excluding carboxylic acids is 1. The molecule has 0 aliphatic rings. The Bertz CT molecular complexity index is 884. The fourth-order valence-corrected chi connectivity index (χ4v) is 3.37. The third kappa shape index (κ3) is 3.21. The van der Waals surface area contributed by atoms with Gasteiger partial charge in [-0.1, -0.05) is 47.7 Å². The number of nitrogens with zero attached hydrogens (tertiary/aromatic N) is 1. The number of hydrogen-bond donors (Lipinski definition) is 2. The topological polar surface area (TPSA) is 54.0 Å². The van der Waals surface area contributed by atoms with Gasteiger partial charge in [-0.15, -0.1) is 0 Å². The molecule has 3 aromatic rings. The number of carbonyl (C=O) groups is 1. The molecule has 3 rings (SSSR count). The average molecular weight is 344 g/mol. The highest BCUT2D eigenvalue weighted by molar-refractivity contribution is 7.22. The summed E-state index contributed by atoms with van der Waals surface area (Å²) in [6.07, 6.45) is 0.624. The Hall–Kier alpha value is -2.37. The minimum absolute atomic E-state index is 0.577. The first-order valence-corrected chi connectivity index (χ1v) is 8.10. The summed E-state index contributed by atoms with van der Waals surface area (Å²) >= 11 is 7.66. The van der Waals surface area contributed by atoms with Crippen molar-refractivity contribution in [3.05, 3.63) is 59.1 Å². The lowest BCUT2D eigenvalue weighted by Gasteiger charge is -2.13. The Balaban J connectivity index is 1.90. The molecule has 0 saturated carbocycles. The maximum atomic E-state index is 10.5. The summed E-state index contributed by atoms with van der Waals surface area (Å²) in [5.74, 6) is 0. The van der Waals surface area contributed by atoms with Gasteiger partial charge in [0.2, 0.25) is 6.41 Å². The molecule has 0 aliphatic heterocycles. The second-order valence-electron chi connectivity index (χ2n) is 5.00. The van der Waals surface area contributed by atoms with Gasteiger partial charge in [0.1, 0.15) is 0 Å². The summed E-state index contributed by atoms with van der Waals surface area (Å²) in [7, 11) is 0. The van der Waals surface area contributed by atoms with E-state index in [4.69, 9.17) is 11.6 Å². The largest absolute Gasteiger partial charge is 0.354 e. The fourth-order valence-electron chi connectivity index (χ4n) is 2.24. The van der Waals surface area contributed by atoms with Crippen LogP contribution in [0.3, 0.4) is 0 Å². The molecule has 2 aromatic carbocycles. The van der Waals surface area contributed by atoms with E-state index in [-0.39, 0.29) is 0 Å². The van der Waals surface area contributed by atoms with E-state index < -0.39 is 0 Å². The van der Waals surface area contributed by atoms with Crippen molar-refractivity contribution in [2.24, 2.45) is 0 Å². The molecule has 0 unspecified atom stereocenters. The third-order valence-electron chi connectivity index (χ3n) is 3.42. The molecule has 0 spiro atoms. The number of amides is 1. The predicted molar refractivity (Wildman–Crippen MR) is 98.2 cm³/mol. The van der Waals surface area contributed by atoms with E-state index in [2.05, 4.69) is 22.2 Å². The minimum atomic E-state index is 0.577. The lowest BCUT2D eigenvalue weighted by molar-refractivity contribution is -0.105. The maximum Gasteiger partial charge on any atom is 0.213 e. The summed E-state index contributed by atoms with van der Waals surface area (Å²) in [4.78, 5) is 14.8. The van der Waals surface area contributed by atoms with Gasteiger partial charge in [0.05, 0.1) is 20.9 Å². The van der Waals surface area contributed by atoms with Crippen LogP contribution in [-0.4, -0.2) is 11.4 Å². The van der Waals surface area contributed by atoms with Crippen LogP contribution in [0.5, 0.6) is 0 Å². The van der Waals surface area contributed by atoms with Crippen LogP contribution >= 0.6 is 22.9 Å². The lowest BCUT2D eigenvalue weighted by atomic mass is 10.1. The Labute approximate surface area is 142 Å². The monoisotopic (exact) mass is 343 g/mol. The van der Waals surface area contributed by atoms with Gasteiger partial charge in [-0.05, 0) is 36.2 Å². The van der Waals surface area contributed by atoms with Crippen molar-refractivity contribution in [2.45, 2.75) is 6.92 Å². The van der Waals surface area contributed by atoms with Gasteiger partial charge in [0.25, 0.3) is 0 Å². The summed E-state index contributed by atoms with van der Waals surface area (Å²) in [6.45, 7) is 6.09. The van der Waals surface area contributed by atoms with Gasteiger partial charge in [-0.3, -0.25) is 4.79 Å². The first kappa shape index (κ1) is 15.5.